The molecule has 1 amide bonds. The maximum atomic E-state index is 12.1. The van der Waals surface area contributed by atoms with E-state index < -0.39 is 5.97 Å². The number of nitrogens with one attached hydrogen (secondary N) is 1. The average molecular weight is 334 g/mol. The highest BCUT2D eigenvalue weighted by Gasteiger charge is 2.14. The third-order valence-corrected chi connectivity index (χ3v) is 4.36. The quantitative estimate of drug-likeness (QED) is 0.782. The first-order valence-corrected chi connectivity index (χ1v) is 7.95. The third-order valence-electron chi connectivity index (χ3n) is 3.36. The van der Waals surface area contributed by atoms with Gasteiger partial charge in [0.2, 0.25) is 5.91 Å². The zero-order valence-electron chi connectivity index (χ0n) is 13.2. The van der Waals surface area contributed by atoms with E-state index >= 15 is 0 Å². The van der Waals surface area contributed by atoms with E-state index in [1.807, 2.05) is 32.0 Å². The number of carbonyl (C=O) groups is 2. The second-order valence-corrected chi connectivity index (χ2v) is 6.11. The van der Waals surface area contributed by atoms with Crippen LogP contribution in [0, 0.1) is 13.8 Å². The van der Waals surface area contributed by atoms with Crippen molar-refractivity contribution in [3.8, 4) is 0 Å². The number of aliphatic carboxylic acids is 1. The highest BCUT2D eigenvalue weighted by Crippen LogP contribution is 2.17. The average Bonchev–Trinajstić information content (AvgIpc) is 2.81. The maximum Gasteiger partial charge on any atom is 0.313 e. The fourth-order valence-electron chi connectivity index (χ4n) is 1.92. The lowest BCUT2D eigenvalue weighted by Gasteiger charge is -2.07. The van der Waals surface area contributed by atoms with Crippen LogP contribution >= 0.6 is 11.8 Å². The van der Waals surface area contributed by atoms with Gasteiger partial charge in [-0.15, -0.1) is 10.2 Å². The number of hydrogen-bond acceptors (Lipinski definition) is 5. The van der Waals surface area contributed by atoms with E-state index in [1.165, 1.54) is 0 Å². The minimum Gasteiger partial charge on any atom is -0.481 e. The van der Waals surface area contributed by atoms with Crippen LogP contribution in [0.2, 0.25) is 0 Å². The molecule has 1 aromatic heterocycles. The largest absolute Gasteiger partial charge is 0.481 e. The van der Waals surface area contributed by atoms with Crippen molar-refractivity contribution in [2.24, 2.45) is 7.05 Å². The Labute approximate surface area is 138 Å². The number of aromatic nitrogens is 3. The Hall–Kier alpha value is -2.35. The number of carboxylic acid groups (broad SMARTS) is 1. The van der Waals surface area contributed by atoms with Gasteiger partial charge >= 0.3 is 5.97 Å². The van der Waals surface area contributed by atoms with Gasteiger partial charge in [-0.2, -0.15) is 0 Å². The van der Waals surface area contributed by atoms with Gasteiger partial charge < -0.3 is 15.0 Å². The number of hydrogen-bond donors (Lipinski definition) is 2. The Balaban J connectivity index is 2.00. The molecule has 2 aromatic rings. The summed E-state index contributed by atoms with van der Waals surface area (Å²) < 4.78 is 1.63. The summed E-state index contributed by atoms with van der Waals surface area (Å²) in [6.45, 7) is 4.00. The summed E-state index contributed by atoms with van der Waals surface area (Å²) in [5.41, 5.74) is 3.01. The van der Waals surface area contributed by atoms with Crippen LogP contribution in [0.15, 0.2) is 23.4 Å². The molecule has 7 nitrogen and oxygen atoms in total. The molecule has 0 radical (unpaired) electrons. The van der Waals surface area contributed by atoms with Crippen molar-refractivity contribution < 1.29 is 14.7 Å². The summed E-state index contributed by atoms with van der Waals surface area (Å²) in [6, 6.07) is 5.72. The summed E-state index contributed by atoms with van der Waals surface area (Å²) in [6.07, 6.45) is 0.0735. The van der Waals surface area contributed by atoms with Crippen LogP contribution in [0.4, 0.5) is 5.69 Å². The molecule has 0 spiro atoms. The number of amides is 1. The molecule has 1 aromatic carbocycles. The molecule has 0 saturated carbocycles. The Morgan fingerprint density at radius 3 is 2.65 bits per heavy atom. The molecule has 2 N–H and O–H groups in total. The fraction of sp³-hybridized carbons (Fsp3) is 0.333. The van der Waals surface area contributed by atoms with Gasteiger partial charge in [0, 0.05) is 12.7 Å². The SMILES string of the molecule is Cc1ccc(NC(=O)Cc2nnc(SCC(=O)O)n2C)cc1C. The molecule has 2 rings (SSSR count). The Morgan fingerprint density at radius 1 is 1.26 bits per heavy atom. The molecule has 0 bridgehead atoms. The number of carboxylic acids is 1. The molecule has 0 saturated heterocycles. The predicted octanol–water partition coefficient (Wildman–Crippen LogP) is 1.79. The summed E-state index contributed by atoms with van der Waals surface area (Å²) in [4.78, 5) is 22.7. The molecule has 0 aliphatic carbocycles. The fourth-order valence-corrected chi connectivity index (χ4v) is 2.57. The van der Waals surface area contributed by atoms with Gasteiger partial charge in [-0.05, 0) is 37.1 Å². The second-order valence-electron chi connectivity index (χ2n) is 5.16. The number of anilines is 1. The molecule has 0 unspecified atom stereocenters. The van der Waals surface area contributed by atoms with Crippen LogP contribution in [-0.4, -0.2) is 37.5 Å². The van der Waals surface area contributed by atoms with Crippen LogP contribution in [0.25, 0.3) is 0 Å². The Morgan fingerprint density at radius 2 is 2.00 bits per heavy atom. The van der Waals surface area contributed by atoms with Gasteiger partial charge in [0.15, 0.2) is 5.16 Å². The molecule has 23 heavy (non-hydrogen) atoms. The van der Waals surface area contributed by atoms with E-state index in [4.69, 9.17) is 5.11 Å². The van der Waals surface area contributed by atoms with Crippen molar-refractivity contribution >= 4 is 29.3 Å². The van der Waals surface area contributed by atoms with Crippen molar-refractivity contribution in [3.63, 3.8) is 0 Å². The van der Waals surface area contributed by atoms with Gasteiger partial charge in [-0.1, -0.05) is 17.8 Å². The van der Waals surface area contributed by atoms with Gasteiger partial charge in [0.05, 0.1) is 12.2 Å². The van der Waals surface area contributed by atoms with Crippen LogP contribution in [0.5, 0.6) is 0 Å². The van der Waals surface area contributed by atoms with Gasteiger partial charge in [-0.25, -0.2) is 0 Å². The summed E-state index contributed by atoms with van der Waals surface area (Å²) in [5.74, 6) is -0.731. The number of carbonyl (C=O) groups excluding carboxylic acids is 1. The first-order chi connectivity index (χ1) is 10.9. The number of thioether (sulfide) groups is 1. The van der Waals surface area contributed by atoms with Crippen LogP contribution in [0.1, 0.15) is 17.0 Å². The van der Waals surface area contributed by atoms with E-state index in [0.29, 0.717) is 11.0 Å². The molecule has 0 atom stereocenters. The lowest BCUT2D eigenvalue weighted by Crippen LogP contribution is -2.17. The van der Waals surface area contributed by atoms with Crippen molar-refractivity contribution in [1.82, 2.24) is 14.8 Å². The van der Waals surface area contributed by atoms with Crippen LogP contribution < -0.4 is 5.32 Å². The molecule has 122 valence electrons. The maximum absolute atomic E-state index is 12.1. The number of rotatable bonds is 6. The highest BCUT2D eigenvalue weighted by atomic mass is 32.2. The monoisotopic (exact) mass is 334 g/mol. The van der Waals surface area contributed by atoms with Gasteiger partial charge in [0.25, 0.3) is 0 Å². The first-order valence-electron chi connectivity index (χ1n) is 6.96. The second kappa shape index (κ2) is 7.28. The van der Waals surface area contributed by atoms with Crippen molar-refractivity contribution in [1.29, 1.82) is 0 Å². The highest BCUT2D eigenvalue weighted by molar-refractivity contribution is 7.99. The lowest BCUT2D eigenvalue weighted by molar-refractivity contribution is -0.133. The van der Waals surface area contributed by atoms with Crippen LogP contribution in [-0.2, 0) is 23.1 Å². The lowest BCUT2D eigenvalue weighted by atomic mass is 10.1. The molecular formula is C15H18N4O3S. The van der Waals surface area contributed by atoms with E-state index in [1.54, 1.807) is 11.6 Å². The molecule has 0 fully saturated rings. The standard InChI is InChI=1S/C15H18N4O3S/c1-9-4-5-11(6-10(9)2)16-13(20)7-12-17-18-15(19(12)3)23-8-14(21)22/h4-6H,7-8H2,1-3H3,(H,16,20)(H,21,22). The molecule has 8 heteroatoms. The van der Waals surface area contributed by atoms with Gasteiger partial charge in [0.1, 0.15) is 5.82 Å². The van der Waals surface area contributed by atoms with E-state index in [0.717, 1.165) is 28.6 Å². The zero-order chi connectivity index (χ0) is 17.0. The minimum absolute atomic E-state index is 0.0735. The van der Waals surface area contributed by atoms with Crippen molar-refractivity contribution in [2.75, 3.05) is 11.1 Å². The normalized spacial score (nSPS) is 10.6. The molecule has 0 aliphatic heterocycles. The number of benzene rings is 1. The molecule has 0 aliphatic rings. The van der Waals surface area contributed by atoms with E-state index in [2.05, 4.69) is 15.5 Å². The van der Waals surface area contributed by atoms with E-state index in [-0.39, 0.29) is 18.1 Å². The topological polar surface area (TPSA) is 97.1 Å². The first kappa shape index (κ1) is 17.0. The molecule has 1 heterocycles. The Bertz CT molecular complexity index is 742. The van der Waals surface area contributed by atoms with E-state index in [9.17, 15) is 9.59 Å². The van der Waals surface area contributed by atoms with Gasteiger partial charge in [-0.3, -0.25) is 9.59 Å². The Kier molecular flexibility index (Phi) is 5.38. The third kappa shape index (κ3) is 4.56. The zero-order valence-corrected chi connectivity index (χ0v) is 14.0. The summed E-state index contributed by atoms with van der Waals surface area (Å²) in [7, 11) is 1.71. The number of aryl methyl sites for hydroxylation is 2. The predicted molar refractivity (Wildman–Crippen MR) is 87.6 cm³/mol. The van der Waals surface area contributed by atoms with Crippen molar-refractivity contribution in [3.05, 3.63) is 35.2 Å². The molecular weight excluding hydrogens is 316 g/mol. The summed E-state index contributed by atoms with van der Waals surface area (Å²) in [5, 5.41) is 19.8. The van der Waals surface area contributed by atoms with Crippen molar-refractivity contribution in [2.45, 2.75) is 25.4 Å². The number of nitrogens with zero attached hydrogens (tertiary/aromatic N) is 3. The minimum atomic E-state index is -0.924. The smallest absolute Gasteiger partial charge is 0.313 e. The van der Waals surface area contributed by atoms with Crippen LogP contribution in [0.3, 0.4) is 0 Å². The summed E-state index contributed by atoms with van der Waals surface area (Å²) >= 11 is 1.07.